The van der Waals surface area contributed by atoms with Crippen molar-refractivity contribution in [2.75, 3.05) is 0 Å². The number of halogens is 2. The fourth-order valence-electron chi connectivity index (χ4n) is 4.55. The average molecular weight is 357 g/mol. The second-order valence-electron chi connectivity index (χ2n) is 7.86. The first-order valence-corrected chi connectivity index (χ1v) is 8.77. The van der Waals surface area contributed by atoms with E-state index >= 15 is 0 Å². The van der Waals surface area contributed by atoms with Gasteiger partial charge in [-0.3, -0.25) is 14.4 Å². The molecule has 3 saturated carbocycles. The van der Waals surface area contributed by atoms with Crippen molar-refractivity contribution in [2.24, 2.45) is 29.6 Å². The van der Waals surface area contributed by atoms with E-state index in [0.29, 0.717) is 13.3 Å². The van der Waals surface area contributed by atoms with Gasteiger partial charge in [0, 0.05) is 12.8 Å². The third-order valence-corrected chi connectivity index (χ3v) is 6.14. The summed E-state index contributed by atoms with van der Waals surface area (Å²) in [4.78, 5) is 36.8. The fraction of sp³-hybridized carbons (Fsp3) is 0.824. The Balaban J connectivity index is 1.52. The molecule has 8 heteroatoms. The zero-order valence-electron chi connectivity index (χ0n) is 14.0. The molecule has 138 valence electrons. The summed E-state index contributed by atoms with van der Waals surface area (Å²) in [5.41, 5.74) is 0. The van der Waals surface area contributed by atoms with Crippen molar-refractivity contribution in [3.05, 3.63) is 0 Å². The van der Waals surface area contributed by atoms with E-state index in [1.807, 2.05) is 0 Å². The summed E-state index contributed by atoms with van der Waals surface area (Å²) >= 11 is 0. The molecule has 25 heavy (non-hydrogen) atoms. The quantitative estimate of drug-likeness (QED) is 0.750. The number of fused-ring (bicyclic) bond motifs is 1. The van der Waals surface area contributed by atoms with Gasteiger partial charge in [0.25, 0.3) is 5.92 Å². The first kappa shape index (κ1) is 16.7. The van der Waals surface area contributed by atoms with Gasteiger partial charge in [0.05, 0.1) is 23.8 Å². The first-order chi connectivity index (χ1) is 11.7. The molecule has 4 rings (SSSR count). The number of amides is 1. The number of esters is 2. The lowest BCUT2D eigenvalue weighted by atomic mass is 9.78. The van der Waals surface area contributed by atoms with Crippen LogP contribution in [-0.4, -0.2) is 42.0 Å². The second-order valence-corrected chi connectivity index (χ2v) is 7.86. The van der Waals surface area contributed by atoms with Crippen molar-refractivity contribution in [3.8, 4) is 0 Å². The highest BCUT2D eigenvalue weighted by molar-refractivity contribution is 5.90. The summed E-state index contributed by atoms with van der Waals surface area (Å²) in [6, 6.07) is -0.278. The van der Waals surface area contributed by atoms with E-state index < -0.39 is 35.9 Å². The molecular formula is C17H21F2NO5. The van der Waals surface area contributed by atoms with Gasteiger partial charge in [0.1, 0.15) is 6.10 Å². The molecule has 3 aliphatic carbocycles. The maximum absolute atomic E-state index is 13.3. The van der Waals surface area contributed by atoms with Crippen molar-refractivity contribution in [2.45, 2.75) is 57.3 Å². The molecule has 7 atom stereocenters. The van der Waals surface area contributed by atoms with E-state index in [9.17, 15) is 23.2 Å². The monoisotopic (exact) mass is 357 g/mol. The Kier molecular flexibility index (Phi) is 3.60. The van der Waals surface area contributed by atoms with Crippen LogP contribution in [0.2, 0.25) is 0 Å². The Morgan fingerprint density at radius 1 is 1.24 bits per heavy atom. The van der Waals surface area contributed by atoms with Gasteiger partial charge in [0.2, 0.25) is 5.91 Å². The summed E-state index contributed by atoms with van der Waals surface area (Å²) in [5, 5.41) is 2.82. The summed E-state index contributed by atoms with van der Waals surface area (Å²) in [6.45, 7) is 1.82. The summed E-state index contributed by atoms with van der Waals surface area (Å²) in [7, 11) is 0. The number of nitrogens with one attached hydrogen (secondary N) is 1. The number of carbonyl (C=O) groups is 3. The molecule has 0 aromatic carbocycles. The standard InChI is InChI=1S/C17H21F2NO5/c1-6(17(2,18)19)24-16(23)11-9-5-8-10(11)14(21)20-12(8)13(9)25-15(22)7-3-4-7/h6-13H,3-5H2,1-2H3,(H,20,21). The third-order valence-electron chi connectivity index (χ3n) is 6.14. The van der Waals surface area contributed by atoms with Crippen LogP contribution in [0.25, 0.3) is 0 Å². The van der Waals surface area contributed by atoms with E-state index in [2.05, 4.69) is 5.32 Å². The van der Waals surface area contributed by atoms with Crippen LogP contribution in [0.5, 0.6) is 0 Å². The molecule has 1 saturated heterocycles. The first-order valence-electron chi connectivity index (χ1n) is 8.77. The summed E-state index contributed by atoms with van der Waals surface area (Å²) < 4.78 is 37.2. The third kappa shape index (κ3) is 2.60. The van der Waals surface area contributed by atoms with Gasteiger partial charge >= 0.3 is 11.9 Å². The Morgan fingerprint density at radius 2 is 1.92 bits per heavy atom. The highest BCUT2D eigenvalue weighted by atomic mass is 19.3. The molecule has 2 bridgehead atoms. The van der Waals surface area contributed by atoms with Crippen LogP contribution in [0.15, 0.2) is 0 Å². The second kappa shape index (κ2) is 5.38. The number of alkyl halides is 2. The van der Waals surface area contributed by atoms with Gasteiger partial charge in [-0.05, 0) is 32.1 Å². The minimum absolute atomic E-state index is 0.0868. The number of ether oxygens (including phenoxy) is 2. The molecule has 0 aromatic heterocycles. The largest absolute Gasteiger partial charge is 0.460 e. The number of carbonyl (C=O) groups excluding carboxylic acids is 3. The van der Waals surface area contributed by atoms with E-state index in [-0.39, 0.29) is 35.7 Å². The van der Waals surface area contributed by atoms with E-state index in [0.717, 1.165) is 19.8 Å². The lowest BCUT2D eigenvalue weighted by molar-refractivity contribution is -0.179. The van der Waals surface area contributed by atoms with Gasteiger partial charge in [-0.1, -0.05) is 0 Å². The van der Waals surface area contributed by atoms with Crippen LogP contribution in [0.1, 0.15) is 33.1 Å². The van der Waals surface area contributed by atoms with Crippen LogP contribution in [0.3, 0.4) is 0 Å². The van der Waals surface area contributed by atoms with Crippen molar-refractivity contribution >= 4 is 17.8 Å². The summed E-state index contributed by atoms with van der Waals surface area (Å²) in [5.74, 6) is -6.48. The molecule has 7 unspecified atom stereocenters. The Labute approximate surface area is 143 Å². The van der Waals surface area contributed by atoms with Crippen molar-refractivity contribution in [1.82, 2.24) is 5.32 Å². The van der Waals surface area contributed by atoms with Gasteiger partial charge < -0.3 is 14.8 Å². The van der Waals surface area contributed by atoms with Crippen LogP contribution in [0.4, 0.5) is 8.78 Å². The Bertz CT molecular complexity index is 629. The predicted octanol–water partition coefficient (Wildman–Crippen LogP) is 1.28. The Morgan fingerprint density at radius 3 is 2.52 bits per heavy atom. The van der Waals surface area contributed by atoms with E-state index in [4.69, 9.17) is 9.47 Å². The molecule has 1 heterocycles. The molecule has 4 fully saturated rings. The molecule has 0 radical (unpaired) electrons. The molecular weight excluding hydrogens is 336 g/mol. The SMILES string of the molecule is CC(OC(=O)C1C2CC3C(NC(=O)C31)C2OC(=O)C1CC1)C(C)(F)F. The van der Waals surface area contributed by atoms with E-state index in [1.54, 1.807) is 0 Å². The van der Waals surface area contributed by atoms with Crippen LogP contribution in [-0.2, 0) is 23.9 Å². The highest BCUT2D eigenvalue weighted by Gasteiger charge is 2.68. The van der Waals surface area contributed by atoms with Gasteiger partial charge in [0.15, 0.2) is 6.10 Å². The zero-order chi connectivity index (χ0) is 18.1. The van der Waals surface area contributed by atoms with Gasteiger partial charge in [-0.15, -0.1) is 0 Å². The van der Waals surface area contributed by atoms with Gasteiger partial charge in [-0.2, -0.15) is 0 Å². The van der Waals surface area contributed by atoms with Crippen LogP contribution in [0, 0.1) is 29.6 Å². The molecule has 1 amide bonds. The molecule has 1 aliphatic heterocycles. The number of rotatable bonds is 5. The lowest BCUT2D eigenvalue weighted by Gasteiger charge is -2.32. The van der Waals surface area contributed by atoms with Crippen molar-refractivity contribution in [1.29, 1.82) is 0 Å². The molecule has 1 N–H and O–H groups in total. The van der Waals surface area contributed by atoms with Crippen molar-refractivity contribution < 1.29 is 32.6 Å². The zero-order valence-corrected chi connectivity index (χ0v) is 14.0. The molecule has 0 aromatic rings. The normalized spacial score (nSPS) is 39.9. The number of hydrogen-bond donors (Lipinski definition) is 1. The summed E-state index contributed by atoms with van der Waals surface area (Å²) in [6.07, 6.45) is 0.0115. The van der Waals surface area contributed by atoms with Crippen LogP contribution < -0.4 is 5.32 Å². The lowest BCUT2D eigenvalue weighted by Crippen LogP contribution is -2.46. The molecule has 0 spiro atoms. The predicted molar refractivity (Wildman–Crippen MR) is 79.3 cm³/mol. The van der Waals surface area contributed by atoms with Gasteiger partial charge in [-0.25, -0.2) is 8.78 Å². The molecule has 4 aliphatic rings. The maximum atomic E-state index is 13.3. The minimum atomic E-state index is -3.16. The highest BCUT2D eigenvalue weighted by Crippen LogP contribution is 2.57. The van der Waals surface area contributed by atoms with Crippen molar-refractivity contribution in [3.63, 3.8) is 0 Å². The fourth-order valence-corrected chi connectivity index (χ4v) is 4.55. The van der Waals surface area contributed by atoms with E-state index in [1.165, 1.54) is 0 Å². The Hall–Kier alpha value is -1.73. The minimum Gasteiger partial charge on any atom is -0.460 e. The molecule has 6 nitrogen and oxygen atoms in total. The maximum Gasteiger partial charge on any atom is 0.310 e. The topological polar surface area (TPSA) is 81.7 Å². The van der Waals surface area contributed by atoms with Crippen LogP contribution >= 0.6 is 0 Å². The smallest absolute Gasteiger partial charge is 0.310 e. The average Bonchev–Trinajstić information content (AvgIpc) is 3.15. The number of hydrogen-bond acceptors (Lipinski definition) is 5.